The van der Waals surface area contributed by atoms with Crippen LogP contribution in [0, 0.1) is 0 Å². The molecule has 3 aromatic rings. The first-order chi connectivity index (χ1) is 20.3. The van der Waals surface area contributed by atoms with Crippen LogP contribution in [0.1, 0.15) is 46.8 Å². The summed E-state index contributed by atoms with van der Waals surface area (Å²) in [5.41, 5.74) is 3.03. The Morgan fingerprint density at radius 3 is 2.40 bits per heavy atom. The van der Waals surface area contributed by atoms with Gasteiger partial charge in [0.05, 0.1) is 11.3 Å². The van der Waals surface area contributed by atoms with Gasteiger partial charge in [-0.05, 0) is 53.4 Å². The molecular weight excluding hydrogens is 607 g/mol. The number of benzene rings is 3. The maximum Gasteiger partial charge on any atom is 0.256 e. The molecule has 0 aromatic heterocycles. The SMILES string of the molecule is CC(C)c1ccc(C(=O)N2CCN(CCS(C)(=O)=O)CC2)c(NC2(Cc3cccc(Cl)c3)C(=O)Nc3cc(Cl)ccc32)c1. The van der Waals surface area contributed by atoms with Crippen molar-refractivity contribution >= 4 is 56.2 Å². The van der Waals surface area contributed by atoms with Gasteiger partial charge in [0.15, 0.2) is 0 Å². The van der Waals surface area contributed by atoms with Crippen LogP contribution in [-0.2, 0) is 26.6 Å². The number of nitrogens with one attached hydrogen (secondary N) is 2. The number of hydrogen-bond acceptors (Lipinski definition) is 6. The molecule has 1 fully saturated rings. The molecule has 8 nitrogen and oxygen atoms in total. The molecule has 0 saturated carbocycles. The van der Waals surface area contributed by atoms with Crippen molar-refractivity contribution in [1.29, 1.82) is 0 Å². The van der Waals surface area contributed by atoms with E-state index in [1.165, 1.54) is 6.26 Å². The number of piperazine rings is 1. The Morgan fingerprint density at radius 2 is 1.72 bits per heavy atom. The molecule has 5 rings (SSSR count). The van der Waals surface area contributed by atoms with E-state index in [9.17, 15) is 18.0 Å². The number of sulfone groups is 1. The van der Waals surface area contributed by atoms with Crippen molar-refractivity contribution in [3.63, 3.8) is 0 Å². The lowest BCUT2D eigenvalue weighted by Crippen LogP contribution is -2.50. The summed E-state index contributed by atoms with van der Waals surface area (Å²) in [5, 5.41) is 7.62. The smallest absolute Gasteiger partial charge is 0.256 e. The Morgan fingerprint density at radius 1 is 1.00 bits per heavy atom. The van der Waals surface area contributed by atoms with E-state index in [1.54, 1.807) is 23.1 Å². The number of anilines is 2. The van der Waals surface area contributed by atoms with Crippen LogP contribution in [0.15, 0.2) is 60.7 Å². The Balaban J connectivity index is 1.51. The molecule has 0 bridgehead atoms. The second kappa shape index (κ2) is 12.5. The number of nitrogens with zero attached hydrogens (tertiary/aromatic N) is 2. The van der Waals surface area contributed by atoms with E-state index < -0.39 is 15.4 Å². The van der Waals surface area contributed by atoms with Crippen LogP contribution in [0.5, 0.6) is 0 Å². The predicted octanol–water partition coefficient (Wildman–Crippen LogP) is 5.42. The van der Waals surface area contributed by atoms with E-state index in [4.69, 9.17) is 23.2 Å². The lowest BCUT2D eigenvalue weighted by Gasteiger charge is -2.36. The molecule has 11 heteroatoms. The molecule has 0 radical (unpaired) electrons. The van der Waals surface area contributed by atoms with Gasteiger partial charge in [-0.15, -0.1) is 0 Å². The molecule has 2 N–H and O–H groups in total. The van der Waals surface area contributed by atoms with Crippen molar-refractivity contribution in [3.8, 4) is 0 Å². The van der Waals surface area contributed by atoms with Gasteiger partial charge in [0, 0.05) is 72.4 Å². The average Bonchev–Trinajstić information content (AvgIpc) is 3.20. The highest BCUT2D eigenvalue weighted by Crippen LogP contribution is 2.43. The summed E-state index contributed by atoms with van der Waals surface area (Å²) in [5.74, 6) is -0.115. The van der Waals surface area contributed by atoms with Crippen LogP contribution < -0.4 is 10.6 Å². The van der Waals surface area contributed by atoms with Gasteiger partial charge in [-0.25, -0.2) is 8.42 Å². The van der Waals surface area contributed by atoms with Crippen LogP contribution in [0.2, 0.25) is 10.0 Å². The van der Waals surface area contributed by atoms with Crippen LogP contribution in [0.25, 0.3) is 0 Å². The minimum Gasteiger partial charge on any atom is -0.367 e. The Kier molecular flexibility index (Phi) is 9.09. The molecule has 2 heterocycles. The number of carbonyl (C=O) groups excluding carboxylic acids is 2. The minimum absolute atomic E-state index is 0.0924. The van der Waals surface area contributed by atoms with Crippen molar-refractivity contribution < 1.29 is 18.0 Å². The highest BCUT2D eigenvalue weighted by molar-refractivity contribution is 7.90. The maximum atomic E-state index is 14.0. The molecule has 0 spiro atoms. The molecule has 3 aromatic carbocycles. The fourth-order valence-electron chi connectivity index (χ4n) is 5.72. The summed E-state index contributed by atoms with van der Waals surface area (Å²) in [6.07, 6.45) is 1.52. The molecule has 43 heavy (non-hydrogen) atoms. The molecular formula is C32H36Cl2N4O4S. The number of fused-ring (bicyclic) bond motifs is 1. The summed E-state index contributed by atoms with van der Waals surface area (Å²) in [7, 11) is -3.06. The van der Waals surface area contributed by atoms with Gasteiger partial charge in [-0.1, -0.05) is 61.3 Å². The van der Waals surface area contributed by atoms with Crippen molar-refractivity contribution in [3.05, 3.63) is 93.0 Å². The first-order valence-corrected chi connectivity index (χ1v) is 17.1. The number of hydrogen-bond donors (Lipinski definition) is 2. The number of rotatable bonds is 9. The highest BCUT2D eigenvalue weighted by atomic mass is 35.5. The molecule has 1 saturated heterocycles. The van der Waals surface area contributed by atoms with E-state index in [0.29, 0.717) is 59.7 Å². The van der Waals surface area contributed by atoms with Crippen LogP contribution >= 0.6 is 23.2 Å². The largest absolute Gasteiger partial charge is 0.367 e. The monoisotopic (exact) mass is 642 g/mol. The van der Waals surface area contributed by atoms with Gasteiger partial charge in [-0.2, -0.15) is 0 Å². The lowest BCUT2D eigenvalue weighted by atomic mass is 9.84. The second-order valence-electron chi connectivity index (χ2n) is 11.7. The van der Waals surface area contributed by atoms with E-state index in [0.717, 1.165) is 16.7 Å². The summed E-state index contributed by atoms with van der Waals surface area (Å²) in [4.78, 5) is 31.8. The van der Waals surface area contributed by atoms with E-state index >= 15 is 0 Å². The topological polar surface area (TPSA) is 98.8 Å². The Bertz CT molecular complexity index is 1650. The zero-order chi connectivity index (χ0) is 30.9. The van der Waals surface area contributed by atoms with Crippen molar-refractivity contribution in [2.24, 2.45) is 0 Å². The summed E-state index contributed by atoms with van der Waals surface area (Å²) >= 11 is 12.6. The Labute approximate surface area is 263 Å². The summed E-state index contributed by atoms with van der Waals surface area (Å²) in [6.45, 7) is 6.73. The third-order valence-electron chi connectivity index (χ3n) is 8.16. The first-order valence-electron chi connectivity index (χ1n) is 14.3. The standard InChI is InChI=1S/C32H36Cl2N4O4S/c1-21(2)23-7-9-26(30(39)38-13-11-37(12-14-38)15-16-43(3,41)42)28(18-23)36-32(20-22-5-4-6-24(33)17-22)27-10-8-25(34)19-29(27)35-31(32)40/h4-10,17-19,21,36H,11-16,20H2,1-3H3,(H,35,40). The number of amides is 2. The third-order valence-corrected chi connectivity index (χ3v) is 9.56. The number of carbonyl (C=O) groups is 2. The summed E-state index contributed by atoms with van der Waals surface area (Å²) in [6, 6.07) is 18.5. The van der Waals surface area contributed by atoms with E-state index in [-0.39, 0.29) is 29.9 Å². The van der Waals surface area contributed by atoms with Gasteiger partial charge >= 0.3 is 0 Å². The molecule has 228 valence electrons. The van der Waals surface area contributed by atoms with Gasteiger partial charge in [-0.3, -0.25) is 14.5 Å². The van der Waals surface area contributed by atoms with Crippen LogP contribution in [-0.4, -0.2) is 74.8 Å². The minimum atomic E-state index is -3.06. The quantitative estimate of drug-likeness (QED) is 0.323. The normalized spacial score (nSPS) is 18.9. The van der Waals surface area contributed by atoms with E-state index in [2.05, 4.69) is 29.4 Å². The molecule has 2 aliphatic heterocycles. The molecule has 0 aliphatic carbocycles. The number of halogens is 2. The fraction of sp³-hybridized carbons (Fsp3) is 0.375. The maximum absolute atomic E-state index is 14.0. The average molecular weight is 644 g/mol. The molecule has 1 atom stereocenters. The van der Waals surface area contributed by atoms with Gasteiger partial charge in [0.1, 0.15) is 15.4 Å². The first kappa shape index (κ1) is 31.3. The highest BCUT2D eigenvalue weighted by Gasteiger charge is 2.48. The van der Waals surface area contributed by atoms with Crippen molar-refractivity contribution in [2.75, 3.05) is 55.4 Å². The van der Waals surface area contributed by atoms with Crippen LogP contribution in [0.3, 0.4) is 0 Å². The van der Waals surface area contributed by atoms with Gasteiger partial charge in [0.25, 0.3) is 11.8 Å². The lowest BCUT2D eigenvalue weighted by molar-refractivity contribution is -0.119. The predicted molar refractivity (Wildman–Crippen MR) is 173 cm³/mol. The van der Waals surface area contributed by atoms with Gasteiger partial charge < -0.3 is 15.5 Å². The third kappa shape index (κ3) is 7.01. The molecule has 1 unspecified atom stereocenters. The molecule has 2 amide bonds. The molecule has 2 aliphatic rings. The van der Waals surface area contributed by atoms with Crippen molar-refractivity contribution in [2.45, 2.75) is 31.7 Å². The van der Waals surface area contributed by atoms with Gasteiger partial charge in [0.2, 0.25) is 0 Å². The zero-order valence-electron chi connectivity index (χ0n) is 24.5. The second-order valence-corrected chi connectivity index (χ2v) is 14.8. The summed E-state index contributed by atoms with van der Waals surface area (Å²) < 4.78 is 23.2. The van der Waals surface area contributed by atoms with Crippen LogP contribution in [0.4, 0.5) is 11.4 Å². The fourth-order valence-corrected chi connectivity index (χ4v) is 6.70. The van der Waals surface area contributed by atoms with E-state index in [1.807, 2.05) is 42.5 Å². The van der Waals surface area contributed by atoms with Crippen molar-refractivity contribution in [1.82, 2.24) is 9.80 Å². The zero-order valence-corrected chi connectivity index (χ0v) is 26.8. The Hall–Kier alpha value is -3.11.